The number of anilines is 1. The maximum atomic E-state index is 12.8. The van der Waals surface area contributed by atoms with E-state index in [4.69, 9.17) is 17.3 Å². The molecule has 0 bridgehead atoms. The summed E-state index contributed by atoms with van der Waals surface area (Å²) < 4.78 is 1.58. The van der Waals surface area contributed by atoms with Crippen molar-refractivity contribution in [3.63, 3.8) is 0 Å². The Morgan fingerprint density at radius 2 is 1.93 bits per heavy atom. The summed E-state index contributed by atoms with van der Waals surface area (Å²) in [5, 5.41) is 4.19. The highest BCUT2D eigenvalue weighted by Crippen LogP contribution is 2.21. The van der Waals surface area contributed by atoms with E-state index >= 15 is 0 Å². The quantitative estimate of drug-likeness (QED) is 0.441. The summed E-state index contributed by atoms with van der Waals surface area (Å²) >= 11 is 7.20. The molecule has 9 heteroatoms. The van der Waals surface area contributed by atoms with Gasteiger partial charge in [-0.1, -0.05) is 30.3 Å². The van der Waals surface area contributed by atoms with Gasteiger partial charge in [0.2, 0.25) is 11.8 Å². The number of hydrogen-bond acceptors (Lipinski definition) is 5. The first-order valence-corrected chi connectivity index (χ1v) is 10.3. The molecule has 0 atom stereocenters. The fourth-order valence-electron chi connectivity index (χ4n) is 2.75. The number of halogens is 1. The summed E-state index contributed by atoms with van der Waals surface area (Å²) in [5.74, 6) is -0.722. The fraction of sp³-hybridized carbons (Fsp3) is 0.200. The Labute approximate surface area is 176 Å². The molecule has 0 aliphatic rings. The monoisotopic (exact) mass is 430 g/mol. The van der Waals surface area contributed by atoms with E-state index < -0.39 is 5.91 Å². The van der Waals surface area contributed by atoms with Crippen LogP contribution in [-0.2, 0) is 11.3 Å². The highest BCUT2D eigenvalue weighted by Gasteiger charge is 2.13. The molecule has 0 radical (unpaired) electrons. The number of amides is 2. The van der Waals surface area contributed by atoms with E-state index in [1.54, 1.807) is 47.0 Å². The molecule has 7 nitrogen and oxygen atoms in total. The van der Waals surface area contributed by atoms with E-state index in [-0.39, 0.29) is 17.2 Å². The van der Waals surface area contributed by atoms with Crippen LogP contribution in [0.4, 0.5) is 5.69 Å². The lowest BCUT2D eigenvalue weighted by molar-refractivity contribution is -0.113. The lowest BCUT2D eigenvalue weighted by Crippen LogP contribution is -2.24. The average molecular weight is 431 g/mol. The number of nitrogens with zero attached hydrogens (tertiary/aromatic N) is 2. The van der Waals surface area contributed by atoms with Crippen molar-refractivity contribution in [3.8, 4) is 0 Å². The average Bonchev–Trinajstić information content (AvgIpc) is 2.69. The van der Waals surface area contributed by atoms with E-state index in [1.807, 2.05) is 6.92 Å². The zero-order valence-corrected chi connectivity index (χ0v) is 17.2. The molecule has 0 saturated carbocycles. The van der Waals surface area contributed by atoms with Crippen LogP contribution >= 0.6 is 23.4 Å². The maximum Gasteiger partial charge on any atom is 0.262 e. The molecule has 0 aliphatic heterocycles. The third-order valence-electron chi connectivity index (χ3n) is 4.12. The summed E-state index contributed by atoms with van der Waals surface area (Å²) in [6.45, 7) is 2.47. The minimum atomic E-state index is -0.533. The highest BCUT2D eigenvalue weighted by molar-refractivity contribution is 7.99. The minimum Gasteiger partial charge on any atom is -0.366 e. The third-order valence-corrected chi connectivity index (χ3v) is 5.33. The molecule has 29 heavy (non-hydrogen) atoms. The van der Waals surface area contributed by atoms with Gasteiger partial charge in [0.15, 0.2) is 5.16 Å². The summed E-state index contributed by atoms with van der Waals surface area (Å²) in [4.78, 5) is 40.8. The molecule has 0 saturated heterocycles. The summed E-state index contributed by atoms with van der Waals surface area (Å²) in [7, 11) is 0. The normalized spacial score (nSPS) is 10.8. The molecule has 3 N–H and O–H groups in total. The molecule has 1 aromatic heterocycles. The van der Waals surface area contributed by atoms with Crippen LogP contribution in [0.2, 0.25) is 5.02 Å². The molecule has 1 heterocycles. The smallest absolute Gasteiger partial charge is 0.262 e. The molecular formula is C20H19ClN4O3S. The first kappa shape index (κ1) is 20.9. The van der Waals surface area contributed by atoms with Crippen LogP contribution in [0.5, 0.6) is 0 Å². The molecular weight excluding hydrogens is 412 g/mol. The Bertz CT molecular complexity index is 1130. The lowest BCUT2D eigenvalue weighted by Gasteiger charge is -2.12. The van der Waals surface area contributed by atoms with Gasteiger partial charge < -0.3 is 11.1 Å². The number of nitrogens with two attached hydrogens (primary N) is 1. The predicted octanol–water partition coefficient (Wildman–Crippen LogP) is 3.29. The van der Waals surface area contributed by atoms with E-state index in [1.165, 1.54) is 11.8 Å². The molecule has 150 valence electrons. The fourth-order valence-corrected chi connectivity index (χ4v) is 3.74. The van der Waals surface area contributed by atoms with Gasteiger partial charge in [0.25, 0.3) is 5.56 Å². The van der Waals surface area contributed by atoms with Gasteiger partial charge >= 0.3 is 0 Å². The van der Waals surface area contributed by atoms with E-state index in [0.29, 0.717) is 38.9 Å². The van der Waals surface area contributed by atoms with Crippen LogP contribution in [0, 0.1) is 0 Å². The minimum absolute atomic E-state index is 0.0692. The van der Waals surface area contributed by atoms with Crippen molar-refractivity contribution < 1.29 is 9.59 Å². The molecule has 0 fully saturated rings. The van der Waals surface area contributed by atoms with Crippen LogP contribution in [0.1, 0.15) is 23.7 Å². The van der Waals surface area contributed by atoms with Gasteiger partial charge in [0.05, 0.1) is 16.7 Å². The second kappa shape index (κ2) is 9.11. The van der Waals surface area contributed by atoms with E-state index in [0.717, 1.165) is 6.42 Å². The van der Waals surface area contributed by atoms with Crippen LogP contribution < -0.4 is 16.6 Å². The van der Waals surface area contributed by atoms with Crippen LogP contribution in [0.3, 0.4) is 0 Å². The van der Waals surface area contributed by atoms with Crippen molar-refractivity contribution in [1.82, 2.24) is 9.55 Å². The molecule has 3 rings (SSSR count). The number of carbonyl (C=O) groups is 2. The summed E-state index contributed by atoms with van der Waals surface area (Å²) in [5.41, 5.74) is 6.46. The zero-order chi connectivity index (χ0) is 21.0. The van der Waals surface area contributed by atoms with Crippen molar-refractivity contribution in [3.05, 3.63) is 63.4 Å². The van der Waals surface area contributed by atoms with Gasteiger partial charge in [-0.25, -0.2) is 4.98 Å². The molecule has 3 aromatic rings. The number of hydrogen-bond donors (Lipinski definition) is 2. The molecule has 2 aromatic carbocycles. The molecule has 0 unspecified atom stereocenters. The Hall–Kier alpha value is -2.84. The summed E-state index contributed by atoms with van der Waals surface area (Å²) in [6.07, 6.45) is 0.757. The van der Waals surface area contributed by atoms with E-state index in [2.05, 4.69) is 10.3 Å². The van der Waals surface area contributed by atoms with Crippen molar-refractivity contribution in [2.45, 2.75) is 25.0 Å². The topological polar surface area (TPSA) is 107 Å². The van der Waals surface area contributed by atoms with Gasteiger partial charge in [-0.3, -0.25) is 19.0 Å². The molecule has 0 aliphatic carbocycles. The number of carbonyl (C=O) groups excluding carboxylic acids is 2. The Kier molecular flexibility index (Phi) is 6.56. The number of aromatic nitrogens is 2. The third kappa shape index (κ3) is 4.96. The second-order valence-corrected chi connectivity index (χ2v) is 7.67. The van der Waals surface area contributed by atoms with Crippen LogP contribution in [0.25, 0.3) is 10.9 Å². The van der Waals surface area contributed by atoms with E-state index in [9.17, 15) is 14.4 Å². The second-order valence-electron chi connectivity index (χ2n) is 6.29. The first-order valence-electron chi connectivity index (χ1n) is 8.91. The van der Waals surface area contributed by atoms with Gasteiger partial charge in [0.1, 0.15) is 0 Å². The van der Waals surface area contributed by atoms with Crippen molar-refractivity contribution in [2.75, 3.05) is 11.1 Å². The number of thioether (sulfide) groups is 1. The first-order chi connectivity index (χ1) is 13.9. The van der Waals surface area contributed by atoms with Gasteiger partial charge in [0, 0.05) is 22.8 Å². The molecule has 0 spiro atoms. The van der Waals surface area contributed by atoms with Gasteiger partial charge in [-0.05, 0) is 48.9 Å². The largest absolute Gasteiger partial charge is 0.366 e. The van der Waals surface area contributed by atoms with Crippen molar-refractivity contribution in [1.29, 1.82) is 0 Å². The lowest BCUT2D eigenvalue weighted by atomic mass is 10.2. The Morgan fingerprint density at radius 3 is 2.59 bits per heavy atom. The van der Waals surface area contributed by atoms with Crippen molar-refractivity contribution in [2.24, 2.45) is 5.73 Å². The van der Waals surface area contributed by atoms with Crippen molar-refractivity contribution >= 4 is 51.8 Å². The van der Waals surface area contributed by atoms with Gasteiger partial charge in [-0.2, -0.15) is 0 Å². The van der Waals surface area contributed by atoms with Crippen LogP contribution in [0.15, 0.2) is 52.4 Å². The zero-order valence-electron chi connectivity index (χ0n) is 15.6. The molecule has 2 amide bonds. The number of nitrogens with one attached hydrogen (secondary N) is 1. The van der Waals surface area contributed by atoms with Gasteiger partial charge in [-0.15, -0.1) is 0 Å². The maximum absolute atomic E-state index is 12.8. The summed E-state index contributed by atoms with van der Waals surface area (Å²) in [6, 6.07) is 11.2. The number of primary amides is 1. The Morgan fingerprint density at radius 1 is 1.21 bits per heavy atom. The number of rotatable bonds is 7. The highest BCUT2D eigenvalue weighted by atomic mass is 35.5. The standard InChI is InChI=1S/C20H19ClN4O3S/c1-2-9-25-19(28)15-8-5-13(21)10-16(15)24-20(25)29-11-17(26)23-14-6-3-12(4-7-14)18(22)27/h3-8,10H,2,9,11H2,1H3,(H2,22,27)(H,23,26). The van der Waals surface area contributed by atoms with Crippen LogP contribution in [-0.4, -0.2) is 27.1 Å². The number of fused-ring (bicyclic) bond motifs is 1. The SMILES string of the molecule is CCCn1c(SCC(=O)Nc2ccc(C(N)=O)cc2)nc2cc(Cl)ccc2c1=O. The number of benzene rings is 2. The Balaban J connectivity index is 1.78. The predicted molar refractivity (Wildman–Crippen MR) is 116 cm³/mol.